The lowest BCUT2D eigenvalue weighted by atomic mass is 10.1. The molecule has 0 aliphatic rings. The van der Waals surface area contributed by atoms with E-state index in [1.54, 1.807) is 0 Å². The van der Waals surface area contributed by atoms with Gasteiger partial charge < -0.3 is 15.2 Å². The Morgan fingerprint density at radius 3 is 2.52 bits per heavy atom. The predicted octanol–water partition coefficient (Wildman–Crippen LogP) is 3.82. The van der Waals surface area contributed by atoms with Gasteiger partial charge in [-0.05, 0) is 23.1 Å². The molecule has 0 saturated heterocycles. The number of thiophene rings is 1. The van der Waals surface area contributed by atoms with Crippen LogP contribution in [0.4, 0.5) is 4.79 Å². The first-order chi connectivity index (χ1) is 12.1. The summed E-state index contributed by atoms with van der Waals surface area (Å²) in [6.45, 7) is 0.0991. The van der Waals surface area contributed by atoms with Crippen molar-refractivity contribution in [2.45, 2.75) is 19.1 Å². The number of carbonyl (C=O) groups excluding carboxylic acids is 1. The van der Waals surface area contributed by atoms with Crippen molar-refractivity contribution in [3.8, 4) is 0 Å². The molecule has 2 N–H and O–H groups in total. The molecular weight excluding hydrogens is 338 g/mol. The molecule has 0 radical (unpaired) electrons. The molecule has 0 bridgehead atoms. The minimum absolute atomic E-state index is 0.0991. The van der Waals surface area contributed by atoms with Crippen LogP contribution in [-0.2, 0) is 22.6 Å². The first-order valence-electron chi connectivity index (χ1n) is 7.79. The highest BCUT2D eigenvalue weighted by atomic mass is 32.1. The molecule has 0 fully saturated rings. The molecule has 3 aromatic rings. The zero-order valence-corrected chi connectivity index (χ0v) is 14.2. The van der Waals surface area contributed by atoms with Gasteiger partial charge in [0.2, 0.25) is 0 Å². The zero-order chi connectivity index (χ0) is 17.6. The predicted molar refractivity (Wildman–Crippen MR) is 96.7 cm³/mol. The number of carboxylic acids is 1. The molecule has 0 saturated carbocycles. The largest absolute Gasteiger partial charge is 0.480 e. The molecular formula is C19H17NO4S. The number of hydrogen-bond acceptors (Lipinski definition) is 4. The molecule has 2 aromatic carbocycles. The van der Waals surface area contributed by atoms with E-state index < -0.39 is 18.1 Å². The summed E-state index contributed by atoms with van der Waals surface area (Å²) in [6, 6.07) is 18.0. The summed E-state index contributed by atoms with van der Waals surface area (Å²) in [5.41, 5.74) is 0.842. The molecule has 3 rings (SSSR count). The summed E-state index contributed by atoms with van der Waals surface area (Å²) < 4.78 is 6.19. The SMILES string of the molecule is O=C(N[C@@H](Cc1cc2ccccc2s1)C(=O)O)OCc1ccccc1. The lowest BCUT2D eigenvalue weighted by Gasteiger charge is -2.13. The summed E-state index contributed by atoms with van der Waals surface area (Å²) in [6.07, 6.45) is -0.521. The molecule has 25 heavy (non-hydrogen) atoms. The number of nitrogens with one attached hydrogen (secondary N) is 1. The number of rotatable bonds is 6. The highest BCUT2D eigenvalue weighted by molar-refractivity contribution is 7.19. The molecule has 0 unspecified atom stereocenters. The lowest BCUT2D eigenvalue weighted by Crippen LogP contribution is -2.42. The maximum atomic E-state index is 11.9. The zero-order valence-electron chi connectivity index (χ0n) is 13.3. The van der Waals surface area contributed by atoms with Gasteiger partial charge >= 0.3 is 12.1 Å². The Balaban J connectivity index is 1.60. The fraction of sp³-hybridized carbons (Fsp3) is 0.158. The van der Waals surface area contributed by atoms with Gasteiger partial charge in [-0.25, -0.2) is 9.59 Å². The van der Waals surface area contributed by atoms with Crippen molar-refractivity contribution in [1.82, 2.24) is 5.32 Å². The molecule has 5 nitrogen and oxygen atoms in total. The first-order valence-corrected chi connectivity index (χ1v) is 8.61. The van der Waals surface area contributed by atoms with E-state index in [-0.39, 0.29) is 13.0 Å². The van der Waals surface area contributed by atoms with E-state index in [0.29, 0.717) is 0 Å². The molecule has 6 heteroatoms. The third-order valence-corrected chi connectivity index (χ3v) is 4.82. The van der Waals surface area contributed by atoms with Gasteiger partial charge in [0.15, 0.2) is 0 Å². The third kappa shape index (κ3) is 4.58. The Morgan fingerprint density at radius 2 is 1.80 bits per heavy atom. The number of aliphatic carboxylic acids is 1. The summed E-state index contributed by atoms with van der Waals surface area (Å²) in [5, 5.41) is 12.9. The van der Waals surface area contributed by atoms with Gasteiger partial charge in [-0.2, -0.15) is 0 Å². The molecule has 128 valence electrons. The number of hydrogen-bond donors (Lipinski definition) is 2. The van der Waals surface area contributed by atoms with Crippen molar-refractivity contribution in [3.63, 3.8) is 0 Å². The van der Waals surface area contributed by atoms with Gasteiger partial charge in [0.05, 0.1) is 0 Å². The Hall–Kier alpha value is -2.86. The average molecular weight is 355 g/mol. The Labute approximate surface area is 148 Å². The van der Waals surface area contributed by atoms with E-state index in [4.69, 9.17) is 4.74 Å². The summed E-state index contributed by atoms with van der Waals surface area (Å²) >= 11 is 1.52. The fourth-order valence-corrected chi connectivity index (χ4v) is 3.56. The fourth-order valence-electron chi connectivity index (χ4n) is 2.45. The minimum Gasteiger partial charge on any atom is -0.480 e. The molecule has 1 aromatic heterocycles. The Morgan fingerprint density at radius 1 is 1.08 bits per heavy atom. The molecule has 1 atom stereocenters. The highest BCUT2D eigenvalue weighted by Crippen LogP contribution is 2.26. The second-order valence-corrected chi connectivity index (χ2v) is 6.72. The molecule has 0 aliphatic carbocycles. The van der Waals surface area contributed by atoms with Crippen molar-refractivity contribution in [2.75, 3.05) is 0 Å². The summed E-state index contributed by atoms with van der Waals surface area (Å²) in [4.78, 5) is 24.3. The third-order valence-electron chi connectivity index (χ3n) is 3.68. The van der Waals surface area contributed by atoms with Gasteiger partial charge in [-0.15, -0.1) is 11.3 Å². The Kier molecular flexibility index (Phi) is 5.30. The van der Waals surface area contributed by atoms with Crippen LogP contribution in [0.2, 0.25) is 0 Å². The van der Waals surface area contributed by atoms with Crippen LogP contribution in [0.25, 0.3) is 10.1 Å². The second kappa shape index (κ2) is 7.81. The first kappa shape index (κ1) is 17.0. The quantitative estimate of drug-likeness (QED) is 0.705. The van der Waals surface area contributed by atoms with Crippen molar-refractivity contribution in [3.05, 3.63) is 71.1 Å². The number of alkyl carbamates (subject to hydrolysis) is 1. The van der Waals surface area contributed by atoms with Crippen LogP contribution in [0.5, 0.6) is 0 Å². The van der Waals surface area contributed by atoms with Gasteiger partial charge in [0.1, 0.15) is 12.6 Å². The van der Waals surface area contributed by atoms with Crippen LogP contribution in [0.1, 0.15) is 10.4 Å². The minimum atomic E-state index is -1.09. The second-order valence-electron chi connectivity index (χ2n) is 5.55. The van der Waals surface area contributed by atoms with Crippen LogP contribution in [0.15, 0.2) is 60.7 Å². The summed E-state index contributed by atoms with van der Waals surface area (Å²) in [7, 11) is 0. The van der Waals surface area contributed by atoms with E-state index in [0.717, 1.165) is 20.5 Å². The van der Waals surface area contributed by atoms with Crippen LogP contribution in [0, 0.1) is 0 Å². The number of ether oxygens (including phenoxy) is 1. The van der Waals surface area contributed by atoms with Crippen LogP contribution >= 0.6 is 11.3 Å². The van der Waals surface area contributed by atoms with E-state index in [1.165, 1.54) is 11.3 Å². The van der Waals surface area contributed by atoms with Gasteiger partial charge in [0.25, 0.3) is 0 Å². The topological polar surface area (TPSA) is 75.6 Å². The van der Waals surface area contributed by atoms with Crippen LogP contribution in [0.3, 0.4) is 0 Å². The van der Waals surface area contributed by atoms with Gasteiger partial charge in [-0.1, -0.05) is 48.5 Å². The molecule has 0 aliphatic heterocycles. The smallest absolute Gasteiger partial charge is 0.408 e. The normalized spacial score (nSPS) is 11.8. The van der Waals surface area contributed by atoms with Crippen LogP contribution in [-0.4, -0.2) is 23.2 Å². The molecule has 0 spiro atoms. The van der Waals surface area contributed by atoms with Crippen molar-refractivity contribution < 1.29 is 19.4 Å². The van der Waals surface area contributed by atoms with Crippen molar-refractivity contribution in [1.29, 1.82) is 0 Å². The number of amides is 1. The number of benzene rings is 2. The van der Waals surface area contributed by atoms with E-state index in [1.807, 2.05) is 60.7 Å². The number of carbonyl (C=O) groups is 2. The maximum Gasteiger partial charge on any atom is 0.408 e. The van der Waals surface area contributed by atoms with Crippen molar-refractivity contribution in [2.24, 2.45) is 0 Å². The lowest BCUT2D eigenvalue weighted by molar-refractivity contribution is -0.139. The standard InChI is InChI=1S/C19H17NO4S/c21-18(22)16(11-15-10-14-8-4-5-9-17(14)25-15)20-19(23)24-12-13-6-2-1-3-7-13/h1-10,16H,11-12H2,(H,20,23)(H,21,22)/t16-/m0/s1. The van der Waals surface area contributed by atoms with Gasteiger partial charge in [0, 0.05) is 16.0 Å². The average Bonchev–Trinajstić information content (AvgIpc) is 3.02. The maximum absolute atomic E-state index is 11.9. The molecule has 1 heterocycles. The molecule has 1 amide bonds. The van der Waals surface area contributed by atoms with E-state index >= 15 is 0 Å². The van der Waals surface area contributed by atoms with E-state index in [9.17, 15) is 14.7 Å². The van der Waals surface area contributed by atoms with E-state index in [2.05, 4.69) is 5.32 Å². The van der Waals surface area contributed by atoms with Crippen LogP contribution < -0.4 is 5.32 Å². The highest BCUT2D eigenvalue weighted by Gasteiger charge is 2.22. The number of fused-ring (bicyclic) bond motifs is 1. The Bertz CT molecular complexity index is 842. The van der Waals surface area contributed by atoms with Gasteiger partial charge in [-0.3, -0.25) is 0 Å². The monoisotopic (exact) mass is 355 g/mol. The summed E-state index contributed by atoms with van der Waals surface area (Å²) in [5.74, 6) is -1.09. The number of carboxylic acid groups (broad SMARTS) is 1. The van der Waals surface area contributed by atoms with Crippen molar-refractivity contribution >= 4 is 33.5 Å².